The zero-order valence-electron chi connectivity index (χ0n) is 12.9. The molecule has 0 N–H and O–H groups in total. The largest absolute Gasteiger partial charge is 0.274 e. The molecule has 3 nitrogen and oxygen atoms in total. The lowest BCUT2D eigenvalue weighted by Gasteiger charge is -2.14. The molecule has 0 aliphatic carbocycles. The van der Waals surface area contributed by atoms with E-state index in [4.69, 9.17) is 0 Å². The molecule has 1 heterocycles. The molecule has 2 amide bonds. The fraction of sp³-hybridized carbons (Fsp3) is 0.100. The monoisotopic (exact) mass is 333 g/mol. The van der Waals surface area contributed by atoms with Crippen LogP contribution in [-0.2, 0) is 9.59 Å². The molecule has 0 bridgehead atoms. The zero-order chi connectivity index (χ0) is 16.5. The van der Waals surface area contributed by atoms with Crippen molar-refractivity contribution < 1.29 is 9.59 Å². The van der Waals surface area contributed by atoms with Gasteiger partial charge in [-0.05, 0) is 35.0 Å². The van der Waals surface area contributed by atoms with E-state index in [0.29, 0.717) is 5.69 Å². The van der Waals surface area contributed by atoms with Crippen molar-refractivity contribution in [3.05, 3.63) is 72.8 Å². The number of carbonyl (C=O) groups is 2. The Bertz CT molecular complexity index is 923. The minimum atomic E-state index is -0.362. The number of hydrogen-bond donors (Lipinski definition) is 0. The third-order valence-corrected chi connectivity index (χ3v) is 5.30. The number of rotatable bonds is 3. The molecule has 1 aliphatic heterocycles. The van der Waals surface area contributed by atoms with Crippen LogP contribution >= 0.6 is 11.8 Å². The molecular formula is C20H15NO2S. The first-order valence-electron chi connectivity index (χ1n) is 7.80. The van der Waals surface area contributed by atoms with E-state index in [1.165, 1.54) is 22.0 Å². The van der Waals surface area contributed by atoms with Crippen molar-refractivity contribution in [2.75, 3.05) is 4.90 Å². The summed E-state index contributed by atoms with van der Waals surface area (Å²) in [6, 6.07) is 23.4. The van der Waals surface area contributed by atoms with Crippen LogP contribution in [0.1, 0.15) is 6.42 Å². The highest BCUT2D eigenvalue weighted by Crippen LogP contribution is 2.34. The summed E-state index contributed by atoms with van der Waals surface area (Å²) in [7, 11) is 0. The molecule has 0 aromatic heterocycles. The van der Waals surface area contributed by atoms with Gasteiger partial charge in [-0.25, -0.2) is 4.90 Å². The molecule has 1 atom stereocenters. The molecular weight excluding hydrogens is 318 g/mol. The number of hydrogen-bond acceptors (Lipinski definition) is 3. The van der Waals surface area contributed by atoms with Crippen molar-refractivity contribution in [3.8, 4) is 0 Å². The minimum Gasteiger partial charge on any atom is -0.274 e. The molecule has 0 unspecified atom stereocenters. The number of para-hydroxylation sites is 1. The van der Waals surface area contributed by atoms with Crippen LogP contribution in [0.4, 0.5) is 5.69 Å². The molecule has 0 radical (unpaired) electrons. The minimum absolute atomic E-state index is 0.135. The summed E-state index contributed by atoms with van der Waals surface area (Å²) in [5.74, 6) is -0.270. The smallest absolute Gasteiger partial charge is 0.247 e. The second-order valence-corrected chi connectivity index (χ2v) is 7.00. The fourth-order valence-electron chi connectivity index (χ4n) is 2.95. The number of carbonyl (C=O) groups excluding carboxylic acids is 2. The first kappa shape index (κ1) is 15.0. The average Bonchev–Trinajstić information content (AvgIpc) is 2.89. The van der Waals surface area contributed by atoms with Gasteiger partial charge in [0, 0.05) is 11.3 Å². The molecule has 0 saturated carbocycles. The standard InChI is InChI=1S/C20H15NO2S/c22-19-13-18(20(23)21(19)16-8-2-1-3-9-16)24-17-11-10-14-6-4-5-7-15(14)12-17/h1-12,18H,13H2/t18-/m1/s1. The Morgan fingerprint density at radius 3 is 2.33 bits per heavy atom. The topological polar surface area (TPSA) is 37.4 Å². The number of benzene rings is 3. The number of anilines is 1. The number of imide groups is 1. The highest BCUT2D eigenvalue weighted by molar-refractivity contribution is 8.00. The maximum Gasteiger partial charge on any atom is 0.247 e. The summed E-state index contributed by atoms with van der Waals surface area (Å²) in [6.07, 6.45) is 0.241. The third-order valence-electron chi connectivity index (χ3n) is 4.12. The van der Waals surface area contributed by atoms with E-state index >= 15 is 0 Å². The van der Waals surface area contributed by atoms with Gasteiger partial charge in [-0.2, -0.15) is 0 Å². The van der Waals surface area contributed by atoms with Gasteiger partial charge < -0.3 is 0 Å². The lowest BCUT2D eigenvalue weighted by Crippen LogP contribution is -2.30. The lowest BCUT2D eigenvalue weighted by atomic mass is 10.1. The molecule has 4 heteroatoms. The normalized spacial score (nSPS) is 17.7. The summed E-state index contributed by atoms with van der Waals surface area (Å²) in [4.78, 5) is 27.3. The van der Waals surface area contributed by atoms with Crippen LogP contribution in [0.5, 0.6) is 0 Å². The van der Waals surface area contributed by atoms with Crippen LogP contribution in [0.3, 0.4) is 0 Å². The SMILES string of the molecule is O=C1C[C@@H](Sc2ccc3ccccc3c2)C(=O)N1c1ccccc1. The molecule has 24 heavy (non-hydrogen) atoms. The van der Waals surface area contributed by atoms with Crippen LogP contribution in [0, 0.1) is 0 Å². The summed E-state index contributed by atoms with van der Waals surface area (Å²) in [5, 5.41) is 1.94. The van der Waals surface area contributed by atoms with Crippen molar-refractivity contribution in [2.24, 2.45) is 0 Å². The van der Waals surface area contributed by atoms with Gasteiger partial charge in [0.1, 0.15) is 0 Å². The summed E-state index contributed by atoms with van der Waals surface area (Å²) in [6.45, 7) is 0. The number of nitrogens with zero attached hydrogens (tertiary/aromatic N) is 1. The number of fused-ring (bicyclic) bond motifs is 1. The van der Waals surface area contributed by atoms with Gasteiger partial charge in [0.2, 0.25) is 11.8 Å². The second kappa shape index (κ2) is 6.13. The van der Waals surface area contributed by atoms with E-state index in [9.17, 15) is 9.59 Å². The molecule has 3 aromatic rings. The van der Waals surface area contributed by atoms with Crippen molar-refractivity contribution in [1.29, 1.82) is 0 Å². The molecule has 0 spiro atoms. The fourth-order valence-corrected chi connectivity index (χ4v) is 4.05. The predicted octanol–water partition coefficient (Wildman–Crippen LogP) is 4.26. The number of amides is 2. The van der Waals surface area contributed by atoms with Gasteiger partial charge in [0.05, 0.1) is 10.9 Å². The van der Waals surface area contributed by atoms with Crippen LogP contribution in [0.25, 0.3) is 10.8 Å². The maximum absolute atomic E-state index is 12.7. The van der Waals surface area contributed by atoms with Crippen LogP contribution in [0.2, 0.25) is 0 Å². The third kappa shape index (κ3) is 2.69. The Balaban J connectivity index is 1.58. The van der Waals surface area contributed by atoms with Gasteiger partial charge in [0.15, 0.2) is 0 Å². The van der Waals surface area contributed by atoms with Crippen molar-refractivity contribution in [1.82, 2.24) is 0 Å². The summed E-state index contributed by atoms with van der Waals surface area (Å²) >= 11 is 1.46. The van der Waals surface area contributed by atoms with Gasteiger partial charge in [0.25, 0.3) is 0 Å². The van der Waals surface area contributed by atoms with Crippen LogP contribution in [0.15, 0.2) is 77.7 Å². The molecule has 1 fully saturated rings. The Morgan fingerprint density at radius 1 is 0.833 bits per heavy atom. The van der Waals surface area contributed by atoms with E-state index in [1.807, 2.05) is 42.5 Å². The Hall–Kier alpha value is -2.59. The molecule has 1 aliphatic rings. The van der Waals surface area contributed by atoms with Gasteiger partial charge in [-0.15, -0.1) is 11.8 Å². The van der Waals surface area contributed by atoms with Crippen molar-refractivity contribution >= 4 is 40.0 Å². The first-order valence-corrected chi connectivity index (χ1v) is 8.68. The van der Waals surface area contributed by atoms with Crippen LogP contribution in [-0.4, -0.2) is 17.1 Å². The highest BCUT2D eigenvalue weighted by Gasteiger charge is 2.40. The zero-order valence-corrected chi connectivity index (χ0v) is 13.7. The van der Waals surface area contributed by atoms with E-state index in [-0.39, 0.29) is 23.5 Å². The van der Waals surface area contributed by atoms with E-state index in [1.54, 1.807) is 12.1 Å². The Morgan fingerprint density at radius 2 is 1.54 bits per heavy atom. The quantitative estimate of drug-likeness (QED) is 0.672. The summed E-state index contributed by atoms with van der Waals surface area (Å²) < 4.78 is 0. The molecule has 3 aromatic carbocycles. The average molecular weight is 333 g/mol. The summed E-state index contributed by atoms with van der Waals surface area (Å²) in [5.41, 5.74) is 0.647. The Kier molecular flexibility index (Phi) is 3.82. The second-order valence-electron chi connectivity index (χ2n) is 5.72. The molecule has 4 rings (SSSR count). The Labute approximate surface area is 144 Å². The van der Waals surface area contributed by atoms with Crippen LogP contribution < -0.4 is 4.90 Å². The maximum atomic E-state index is 12.7. The van der Waals surface area contributed by atoms with Gasteiger partial charge in [-0.1, -0.05) is 48.5 Å². The predicted molar refractivity (Wildman–Crippen MR) is 97.1 cm³/mol. The highest BCUT2D eigenvalue weighted by atomic mass is 32.2. The van der Waals surface area contributed by atoms with Crippen molar-refractivity contribution in [2.45, 2.75) is 16.6 Å². The van der Waals surface area contributed by atoms with Crippen molar-refractivity contribution in [3.63, 3.8) is 0 Å². The first-order chi connectivity index (χ1) is 11.7. The van der Waals surface area contributed by atoms with Gasteiger partial charge in [-0.3, -0.25) is 9.59 Å². The number of thioether (sulfide) groups is 1. The lowest BCUT2D eigenvalue weighted by molar-refractivity contribution is -0.121. The molecule has 1 saturated heterocycles. The van der Waals surface area contributed by atoms with E-state index in [0.717, 1.165) is 10.3 Å². The molecule has 118 valence electrons. The van der Waals surface area contributed by atoms with E-state index < -0.39 is 0 Å². The van der Waals surface area contributed by atoms with E-state index in [2.05, 4.69) is 18.2 Å². The van der Waals surface area contributed by atoms with Gasteiger partial charge >= 0.3 is 0 Å².